The maximum absolute atomic E-state index is 11.2. The average Bonchev–Trinajstić information content (AvgIpc) is 2.27. The number of aromatic nitrogens is 2. The molecule has 5 nitrogen and oxygen atoms in total. The number of hydrogen-bond donors (Lipinski definition) is 2. The Hall–Kier alpha value is -1.43. The van der Waals surface area contributed by atoms with Gasteiger partial charge in [-0.2, -0.15) is 0 Å². The molecule has 1 aromatic heterocycles. The summed E-state index contributed by atoms with van der Waals surface area (Å²) < 4.78 is 0. The second-order valence-electron chi connectivity index (χ2n) is 3.23. The summed E-state index contributed by atoms with van der Waals surface area (Å²) in [6, 6.07) is 5.73. The Balaban J connectivity index is 0.00000128. The van der Waals surface area contributed by atoms with Crippen molar-refractivity contribution in [3.8, 4) is 0 Å². The summed E-state index contributed by atoms with van der Waals surface area (Å²) in [6.45, 7) is 1.99. The van der Waals surface area contributed by atoms with Crippen LogP contribution in [0.15, 0.2) is 24.4 Å². The van der Waals surface area contributed by atoms with Gasteiger partial charge in [0.1, 0.15) is 0 Å². The summed E-state index contributed by atoms with van der Waals surface area (Å²) in [7, 11) is 0. The van der Waals surface area contributed by atoms with Crippen molar-refractivity contribution in [2.24, 2.45) is 5.84 Å². The van der Waals surface area contributed by atoms with Crippen molar-refractivity contribution in [2.75, 3.05) is 0 Å². The van der Waals surface area contributed by atoms with Crippen molar-refractivity contribution < 1.29 is 4.79 Å². The molecule has 0 radical (unpaired) electrons. The van der Waals surface area contributed by atoms with Gasteiger partial charge < -0.3 is 0 Å². The van der Waals surface area contributed by atoms with Crippen LogP contribution in [0.3, 0.4) is 0 Å². The van der Waals surface area contributed by atoms with Gasteiger partial charge in [0.25, 0.3) is 0 Å². The van der Waals surface area contributed by atoms with E-state index in [1.807, 2.05) is 30.5 Å². The maximum Gasteiger partial charge on any atom is 0.302 e. The van der Waals surface area contributed by atoms with Gasteiger partial charge in [-0.25, -0.2) is 15.8 Å². The van der Waals surface area contributed by atoms with Crippen LogP contribution in [0.5, 0.6) is 0 Å². The number of nitrogens with one attached hydrogen (secondary N) is 1. The highest BCUT2D eigenvalue weighted by atomic mass is 35.5. The minimum absolute atomic E-state index is 0. The molecule has 0 bridgehead atoms. The van der Waals surface area contributed by atoms with Crippen LogP contribution in [0.1, 0.15) is 16.2 Å². The molecule has 1 amide bonds. The number of nitrogens with zero attached hydrogens (tertiary/aromatic N) is 2. The van der Waals surface area contributed by atoms with E-state index in [4.69, 9.17) is 5.84 Å². The lowest BCUT2D eigenvalue weighted by Crippen LogP contribution is -2.31. The van der Waals surface area contributed by atoms with Crippen molar-refractivity contribution in [1.82, 2.24) is 15.4 Å². The second kappa shape index (κ2) is 6.34. The topological polar surface area (TPSA) is 80.9 Å². The van der Waals surface area contributed by atoms with Crippen molar-refractivity contribution >= 4 is 41.6 Å². The van der Waals surface area contributed by atoms with E-state index in [0.717, 1.165) is 16.5 Å². The monoisotopic (exact) mass is 274 g/mol. The molecule has 3 N–H and O–H groups in total. The molecule has 0 atom stereocenters. The average molecular weight is 275 g/mol. The largest absolute Gasteiger partial charge is 0.302 e. The maximum atomic E-state index is 11.2. The summed E-state index contributed by atoms with van der Waals surface area (Å²) in [5, 5.41) is 0.906. The molecular weight excluding hydrogens is 263 g/mol. The van der Waals surface area contributed by atoms with Gasteiger partial charge in [-0.05, 0) is 19.1 Å². The van der Waals surface area contributed by atoms with E-state index in [1.165, 1.54) is 0 Å². The standard InChI is InChI=1S/C10H10N4O.2ClH/c1-6-2-3-8-7(4-6)5-12-9(13-8)10(15)14-11;;/h2-5H,11H2,1H3,(H,14,15);2*1H. The van der Waals surface area contributed by atoms with Gasteiger partial charge in [0.15, 0.2) is 0 Å². The number of nitrogen functional groups attached to an aromatic ring is 1. The fourth-order valence-corrected chi connectivity index (χ4v) is 1.33. The summed E-state index contributed by atoms with van der Waals surface area (Å²) >= 11 is 0. The molecule has 0 unspecified atom stereocenters. The fourth-order valence-electron chi connectivity index (χ4n) is 1.33. The number of amides is 1. The first-order valence-corrected chi connectivity index (χ1v) is 4.45. The molecule has 0 fully saturated rings. The molecule has 1 aromatic carbocycles. The number of hydrazine groups is 1. The molecule has 1 heterocycles. The highest BCUT2D eigenvalue weighted by Gasteiger charge is 2.07. The van der Waals surface area contributed by atoms with Crippen LogP contribution >= 0.6 is 24.8 Å². The second-order valence-corrected chi connectivity index (χ2v) is 3.23. The number of hydrogen-bond acceptors (Lipinski definition) is 4. The molecule has 92 valence electrons. The third-order valence-corrected chi connectivity index (χ3v) is 2.07. The molecule has 0 saturated carbocycles. The van der Waals surface area contributed by atoms with E-state index >= 15 is 0 Å². The molecule has 17 heavy (non-hydrogen) atoms. The molecule has 0 aliphatic rings. The number of rotatable bonds is 1. The molecule has 0 aliphatic heterocycles. The lowest BCUT2D eigenvalue weighted by Gasteiger charge is -2.01. The summed E-state index contributed by atoms with van der Waals surface area (Å²) in [6.07, 6.45) is 1.61. The quantitative estimate of drug-likeness (QED) is 0.468. The zero-order valence-corrected chi connectivity index (χ0v) is 10.6. The normalized spacial score (nSPS) is 9.06. The Morgan fingerprint density at radius 2 is 2.06 bits per heavy atom. The van der Waals surface area contributed by atoms with E-state index in [-0.39, 0.29) is 30.6 Å². The van der Waals surface area contributed by atoms with Gasteiger partial charge >= 0.3 is 5.91 Å². The number of carbonyl (C=O) groups excluding carboxylic acids is 1. The van der Waals surface area contributed by atoms with Gasteiger partial charge in [-0.15, -0.1) is 24.8 Å². The number of halogens is 2. The number of aryl methyl sites for hydroxylation is 1. The third kappa shape index (κ3) is 3.26. The number of carbonyl (C=O) groups is 1. The zero-order chi connectivity index (χ0) is 10.8. The van der Waals surface area contributed by atoms with Crippen LogP contribution in [0.25, 0.3) is 10.9 Å². The highest BCUT2D eigenvalue weighted by molar-refractivity contribution is 5.92. The van der Waals surface area contributed by atoms with Gasteiger partial charge in [0.2, 0.25) is 5.82 Å². The van der Waals surface area contributed by atoms with Crippen molar-refractivity contribution in [2.45, 2.75) is 6.92 Å². The lowest BCUT2D eigenvalue weighted by molar-refractivity contribution is 0.0943. The Morgan fingerprint density at radius 3 is 2.71 bits per heavy atom. The van der Waals surface area contributed by atoms with E-state index in [2.05, 4.69) is 9.97 Å². The van der Waals surface area contributed by atoms with Gasteiger partial charge in [0, 0.05) is 11.6 Å². The first kappa shape index (κ1) is 15.6. The van der Waals surface area contributed by atoms with Crippen molar-refractivity contribution in [3.05, 3.63) is 35.8 Å². The van der Waals surface area contributed by atoms with Gasteiger partial charge in [0.05, 0.1) is 5.52 Å². The van der Waals surface area contributed by atoms with Crippen LogP contribution in [-0.4, -0.2) is 15.9 Å². The molecule has 2 aromatic rings. The molecule has 2 rings (SSSR count). The first-order chi connectivity index (χ1) is 7.20. The van der Waals surface area contributed by atoms with Crippen LogP contribution in [0.4, 0.5) is 0 Å². The third-order valence-electron chi connectivity index (χ3n) is 2.07. The Labute approximate surface area is 111 Å². The van der Waals surface area contributed by atoms with Gasteiger partial charge in [-0.1, -0.05) is 11.6 Å². The van der Waals surface area contributed by atoms with E-state index in [9.17, 15) is 4.79 Å². The summed E-state index contributed by atoms with van der Waals surface area (Å²) in [5.41, 5.74) is 3.85. The van der Waals surface area contributed by atoms with Crippen LogP contribution in [0, 0.1) is 6.92 Å². The zero-order valence-electron chi connectivity index (χ0n) is 9.01. The Kier molecular flexibility index (Phi) is 5.81. The summed E-state index contributed by atoms with van der Waals surface area (Å²) in [4.78, 5) is 19.2. The molecular formula is C10H12Cl2N4O. The smallest absolute Gasteiger partial charge is 0.287 e. The Morgan fingerprint density at radius 1 is 1.35 bits per heavy atom. The number of benzene rings is 1. The number of fused-ring (bicyclic) bond motifs is 1. The summed E-state index contributed by atoms with van der Waals surface area (Å²) in [5.74, 6) is 4.58. The van der Waals surface area contributed by atoms with Crippen LogP contribution in [-0.2, 0) is 0 Å². The SMILES string of the molecule is Cc1ccc2nc(C(=O)NN)ncc2c1.Cl.Cl. The minimum Gasteiger partial charge on any atom is -0.287 e. The molecule has 7 heteroatoms. The predicted molar refractivity (Wildman–Crippen MR) is 70.4 cm³/mol. The van der Waals surface area contributed by atoms with Gasteiger partial charge in [-0.3, -0.25) is 10.2 Å². The highest BCUT2D eigenvalue weighted by Crippen LogP contribution is 2.12. The predicted octanol–water partition coefficient (Wildman–Crippen LogP) is 1.39. The fraction of sp³-hybridized carbons (Fsp3) is 0.100. The van der Waals surface area contributed by atoms with Crippen molar-refractivity contribution in [1.29, 1.82) is 0 Å². The van der Waals surface area contributed by atoms with E-state index in [0.29, 0.717) is 0 Å². The minimum atomic E-state index is -0.488. The van der Waals surface area contributed by atoms with E-state index < -0.39 is 5.91 Å². The Bertz CT molecular complexity index is 533. The van der Waals surface area contributed by atoms with Crippen LogP contribution < -0.4 is 11.3 Å². The molecule has 0 saturated heterocycles. The molecule has 0 spiro atoms. The first-order valence-electron chi connectivity index (χ1n) is 4.45. The number of nitrogens with two attached hydrogens (primary N) is 1. The lowest BCUT2D eigenvalue weighted by atomic mass is 10.2. The van der Waals surface area contributed by atoms with E-state index in [1.54, 1.807) is 6.20 Å². The van der Waals surface area contributed by atoms with Crippen LogP contribution in [0.2, 0.25) is 0 Å². The van der Waals surface area contributed by atoms with Crippen molar-refractivity contribution in [3.63, 3.8) is 0 Å². The molecule has 0 aliphatic carbocycles.